The van der Waals surface area contributed by atoms with Crippen molar-refractivity contribution in [3.63, 3.8) is 0 Å². The lowest BCUT2D eigenvalue weighted by atomic mass is 10.2. The Morgan fingerprint density at radius 2 is 2.14 bits per heavy atom. The van der Waals surface area contributed by atoms with Gasteiger partial charge in [-0.25, -0.2) is 9.37 Å². The molecule has 1 N–H and O–H groups in total. The average Bonchev–Trinajstić information content (AvgIpc) is 2.74. The van der Waals surface area contributed by atoms with Crippen molar-refractivity contribution in [2.24, 2.45) is 0 Å². The van der Waals surface area contributed by atoms with Crippen LogP contribution in [0.3, 0.4) is 0 Å². The van der Waals surface area contributed by atoms with Crippen molar-refractivity contribution in [2.45, 2.75) is 26.8 Å². The van der Waals surface area contributed by atoms with Gasteiger partial charge >= 0.3 is 0 Å². The number of anilines is 1. The van der Waals surface area contributed by atoms with Crippen molar-refractivity contribution in [1.29, 1.82) is 0 Å². The van der Waals surface area contributed by atoms with Gasteiger partial charge in [-0.1, -0.05) is 0 Å². The quantitative estimate of drug-likeness (QED) is 0.885. The summed E-state index contributed by atoms with van der Waals surface area (Å²) in [5.74, 6) is 0.389. The molecule has 0 amide bonds. The second-order valence-electron chi connectivity index (χ2n) is 5.13. The van der Waals surface area contributed by atoms with Crippen LogP contribution in [0, 0.1) is 19.7 Å². The van der Waals surface area contributed by atoms with E-state index in [1.165, 1.54) is 6.07 Å². The van der Waals surface area contributed by atoms with Crippen LogP contribution >= 0.6 is 15.9 Å². The van der Waals surface area contributed by atoms with E-state index >= 15 is 0 Å². The highest BCUT2D eigenvalue weighted by molar-refractivity contribution is 9.10. The van der Waals surface area contributed by atoms with E-state index in [0.717, 1.165) is 16.9 Å². The van der Waals surface area contributed by atoms with E-state index in [4.69, 9.17) is 4.74 Å². The lowest BCUT2D eigenvalue weighted by Crippen LogP contribution is -2.23. The zero-order valence-corrected chi connectivity index (χ0v) is 14.2. The smallest absolute Gasteiger partial charge is 0.208 e. The topological polar surface area (TPSA) is 39.1 Å². The van der Waals surface area contributed by atoms with Gasteiger partial charge in [0.2, 0.25) is 5.95 Å². The van der Waals surface area contributed by atoms with Gasteiger partial charge in [0.1, 0.15) is 5.82 Å². The summed E-state index contributed by atoms with van der Waals surface area (Å²) in [4.78, 5) is 4.46. The number of aryl methyl sites for hydroxylation is 2. The highest BCUT2D eigenvalue weighted by Crippen LogP contribution is 2.26. The Bertz CT molecular complexity index is 642. The van der Waals surface area contributed by atoms with Crippen LogP contribution in [0.25, 0.3) is 5.69 Å². The summed E-state index contributed by atoms with van der Waals surface area (Å²) in [6.45, 7) is 6.43. The number of nitrogens with one attached hydrogen (secondary N) is 1. The zero-order chi connectivity index (χ0) is 15.6. The first-order valence-electron chi connectivity index (χ1n) is 6.70. The van der Waals surface area contributed by atoms with E-state index in [1.807, 2.05) is 31.5 Å². The molecule has 1 aromatic carbocycles. The Morgan fingerprint density at radius 1 is 1.43 bits per heavy atom. The molecule has 2 aromatic rings. The zero-order valence-electron chi connectivity index (χ0n) is 12.6. The summed E-state index contributed by atoms with van der Waals surface area (Å²) in [6, 6.07) is 3.38. The maximum atomic E-state index is 13.8. The summed E-state index contributed by atoms with van der Waals surface area (Å²) in [5.41, 5.74) is 2.59. The van der Waals surface area contributed by atoms with Gasteiger partial charge in [-0.15, -0.1) is 0 Å². The molecule has 4 nitrogen and oxygen atoms in total. The Hall–Kier alpha value is -1.40. The van der Waals surface area contributed by atoms with Crippen molar-refractivity contribution in [3.8, 4) is 5.69 Å². The van der Waals surface area contributed by atoms with Crippen LogP contribution in [0.1, 0.15) is 18.2 Å². The van der Waals surface area contributed by atoms with Gasteiger partial charge in [-0.3, -0.25) is 4.57 Å². The average molecular weight is 356 g/mol. The molecule has 0 spiro atoms. The number of imidazole rings is 1. The van der Waals surface area contributed by atoms with Gasteiger partial charge in [0, 0.05) is 19.3 Å². The summed E-state index contributed by atoms with van der Waals surface area (Å²) >= 11 is 3.21. The predicted octanol–water partition coefficient (Wildman–Crippen LogP) is 3.84. The van der Waals surface area contributed by atoms with E-state index in [0.29, 0.717) is 17.0 Å². The van der Waals surface area contributed by atoms with E-state index in [2.05, 4.69) is 26.2 Å². The molecule has 0 saturated carbocycles. The Kier molecular flexibility index (Phi) is 5.00. The summed E-state index contributed by atoms with van der Waals surface area (Å²) in [7, 11) is 1.66. The van der Waals surface area contributed by atoms with Gasteiger partial charge in [-0.05, 0) is 54.4 Å². The first-order chi connectivity index (χ1) is 9.92. The Balaban J connectivity index is 2.42. The van der Waals surface area contributed by atoms with Gasteiger partial charge in [0.15, 0.2) is 0 Å². The molecule has 2 rings (SSSR count). The van der Waals surface area contributed by atoms with Crippen LogP contribution in [-0.4, -0.2) is 29.3 Å². The largest absolute Gasteiger partial charge is 0.383 e. The van der Waals surface area contributed by atoms with Crippen molar-refractivity contribution in [2.75, 3.05) is 19.0 Å². The van der Waals surface area contributed by atoms with Crippen LogP contribution < -0.4 is 5.32 Å². The minimum absolute atomic E-state index is 0.108. The molecule has 0 radical (unpaired) electrons. The van der Waals surface area contributed by atoms with E-state index in [1.54, 1.807) is 13.2 Å². The molecule has 0 fully saturated rings. The van der Waals surface area contributed by atoms with Crippen LogP contribution in [0.15, 0.2) is 22.8 Å². The summed E-state index contributed by atoms with van der Waals surface area (Å²) < 4.78 is 21.3. The van der Waals surface area contributed by atoms with Crippen molar-refractivity contribution < 1.29 is 9.13 Å². The third-order valence-corrected chi connectivity index (χ3v) is 3.72. The Labute approximate surface area is 132 Å². The molecular weight excluding hydrogens is 337 g/mol. The van der Waals surface area contributed by atoms with Crippen molar-refractivity contribution in [1.82, 2.24) is 9.55 Å². The molecule has 21 heavy (non-hydrogen) atoms. The normalized spacial score (nSPS) is 12.5. The Morgan fingerprint density at radius 3 is 2.81 bits per heavy atom. The molecular formula is C15H19BrFN3O. The molecule has 0 aliphatic heterocycles. The number of halogens is 2. The summed E-state index contributed by atoms with van der Waals surface area (Å²) in [5, 5.41) is 3.28. The molecule has 0 saturated heterocycles. The molecule has 1 atom stereocenters. The molecule has 1 aromatic heterocycles. The van der Waals surface area contributed by atoms with Crippen molar-refractivity contribution >= 4 is 21.9 Å². The standard InChI is InChI=1S/C15H19BrFN3O/c1-9-5-12(16)13(17)6-14(9)20-7-10(2)18-15(20)19-11(3)8-21-4/h5-7,11H,8H2,1-4H3,(H,18,19). The minimum atomic E-state index is -0.294. The maximum Gasteiger partial charge on any atom is 0.208 e. The van der Waals surface area contributed by atoms with Gasteiger partial charge in [-0.2, -0.15) is 0 Å². The number of hydrogen-bond acceptors (Lipinski definition) is 3. The monoisotopic (exact) mass is 355 g/mol. The minimum Gasteiger partial charge on any atom is -0.383 e. The van der Waals surface area contributed by atoms with E-state index < -0.39 is 0 Å². The highest BCUT2D eigenvalue weighted by Gasteiger charge is 2.14. The second-order valence-corrected chi connectivity index (χ2v) is 5.98. The van der Waals surface area contributed by atoms with Crippen LogP contribution in [0.5, 0.6) is 0 Å². The number of hydrogen-bond donors (Lipinski definition) is 1. The number of ether oxygens (including phenoxy) is 1. The van der Waals surface area contributed by atoms with E-state index in [-0.39, 0.29) is 11.9 Å². The molecule has 0 bridgehead atoms. The van der Waals surface area contributed by atoms with Crippen LogP contribution in [-0.2, 0) is 4.74 Å². The van der Waals surface area contributed by atoms with Gasteiger partial charge in [0.05, 0.1) is 22.5 Å². The van der Waals surface area contributed by atoms with Crippen LogP contribution in [0.2, 0.25) is 0 Å². The lowest BCUT2D eigenvalue weighted by Gasteiger charge is -2.16. The molecule has 0 aliphatic carbocycles. The highest BCUT2D eigenvalue weighted by atomic mass is 79.9. The van der Waals surface area contributed by atoms with Gasteiger partial charge < -0.3 is 10.1 Å². The fourth-order valence-electron chi connectivity index (χ4n) is 2.19. The predicted molar refractivity (Wildman–Crippen MR) is 85.7 cm³/mol. The number of benzene rings is 1. The lowest BCUT2D eigenvalue weighted by molar-refractivity contribution is 0.190. The number of nitrogens with zero attached hydrogens (tertiary/aromatic N) is 2. The maximum absolute atomic E-state index is 13.8. The van der Waals surface area contributed by atoms with E-state index in [9.17, 15) is 4.39 Å². The molecule has 6 heteroatoms. The number of aromatic nitrogens is 2. The summed E-state index contributed by atoms with van der Waals surface area (Å²) in [6.07, 6.45) is 1.89. The van der Waals surface area contributed by atoms with Crippen LogP contribution in [0.4, 0.5) is 10.3 Å². The fraction of sp³-hybridized carbons (Fsp3) is 0.400. The SMILES string of the molecule is COCC(C)Nc1nc(C)cn1-c1cc(F)c(Br)cc1C. The van der Waals surface area contributed by atoms with Crippen molar-refractivity contribution in [3.05, 3.63) is 39.9 Å². The number of rotatable bonds is 5. The fourth-order valence-corrected chi connectivity index (χ4v) is 2.65. The molecule has 1 unspecified atom stereocenters. The molecule has 114 valence electrons. The third-order valence-electron chi connectivity index (χ3n) is 3.12. The first kappa shape index (κ1) is 16.0. The second kappa shape index (κ2) is 6.58. The third kappa shape index (κ3) is 3.63. The molecule has 0 aliphatic rings. The number of methoxy groups -OCH3 is 1. The van der Waals surface area contributed by atoms with Gasteiger partial charge in [0.25, 0.3) is 0 Å². The first-order valence-corrected chi connectivity index (χ1v) is 7.49. The molecule has 1 heterocycles.